The lowest BCUT2D eigenvalue weighted by atomic mass is 10.5. The van der Waals surface area contributed by atoms with Crippen molar-refractivity contribution in [2.45, 2.75) is 13.5 Å². The van der Waals surface area contributed by atoms with Gasteiger partial charge in [0, 0.05) is 12.2 Å². The van der Waals surface area contributed by atoms with Crippen LogP contribution in [0.4, 0.5) is 0 Å². The van der Waals surface area contributed by atoms with Gasteiger partial charge < -0.3 is 15.5 Å². The predicted octanol–water partition coefficient (Wildman–Crippen LogP) is 0.467. The van der Waals surface area contributed by atoms with Crippen LogP contribution in [-0.4, -0.2) is 22.5 Å². The average Bonchev–Trinajstić information content (AvgIpc) is 2.52. The Hall–Kier alpha value is -1.07. The molecule has 0 atom stereocenters. The minimum atomic E-state index is -0.447. The second-order valence-electron chi connectivity index (χ2n) is 2.18. The monoisotopic (exact) mass is 205 g/mol. The number of halogens is 1. The fourth-order valence-electron chi connectivity index (χ4n) is 0.766. The number of hydrogen-bond acceptors (Lipinski definition) is 4. The van der Waals surface area contributed by atoms with E-state index in [1.54, 1.807) is 6.92 Å². The standard InChI is InChI=1S/C7H11N3O2.ClH/c1-2-12-7(11)6-9-4-5(3-8)10-6;/h4H,2-3,8H2,1H3,(H,9,10);1H. The molecule has 0 aliphatic heterocycles. The lowest BCUT2D eigenvalue weighted by Gasteiger charge is -1.95. The molecule has 0 aliphatic rings. The molecular weight excluding hydrogens is 194 g/mol. The average molecular weight is 206 g/mol. The van der Waals surface area contributed by atoms with E-state index in [1.165, 1.54) is 6.20 Å². The Morgan fingerprint density at radius 3 is 2.92 bits per heavy atom. The Kier molecular flexibility index (Phi) is 5.10. The summed E-state index contributed by atoms with van der Waals surface area (Å²) in [7, 11) is 0. The third-order valence-corrected chi connectivity index (χ3v) is 1.32. The van der Waals surface area contributed by atoms with Crippen LogP contribution in [-0.2, 0) is 11.3 Å². The molecule has 0 aliphatic carbocycles. The van der Waals surface area contributed by atoms with Crippen molar-refractivity contribution >= 4 is 18.4 Å². The summed E-state index contributed by atoms with van der Waals surface area (Å²) in [4.78, 5) is 17.5. The molecular formula is C7H12ClN3O2. The zero-order chi connectivity index (χ0) is 8.97. The fourth-order valence-corrected chi connectivity index (χ4v) is 0.766. The number of H-pyrrole nitrogens is 1. The highest BCUT2D eigenvalue weighted by molar-refractivity contribution is 5.85. The molecule has 0 fully saturated rings. The van der Waals surface area contributed by atoms with E-state index in [0.29, 0.717) is 13.2 Å². The largest absolute Gasteiger partial charge is 0.460 e. The molecule has 1 aromatic rings. The smallest absolute Gasteiger partial charge is 0.374 e. The van der Waals surface area contributed by atoms with Gasteiger partial charge in [-0.2, -0.15) is 0 Å². The maximum atomic E-state index is 11.0. The summed E-state index contributed by atoms with van der Waals surface area (Å²) in [5, 5.41) is 0. The predicted molar refractivity (Wildman–Crippen MR) is 49.7 cm³/mol. The summed E-state index contributed by atoms with van der Waals surface area (Å²) in [6, 6.07) is 0. The van der Waals surface area contributed by atoms with Crippen molar-refractivity contribution < 1.29 is 9.53 Å². The first-order valence-corrected chi connectivity index (χ1v) is 3.69. The summed E-state index contributed by atoms with van der Waals surface area (Å²) < 4.78 is 4.71. The first-order chi connectivity index (χ1) is 5.77. The summed E-state index contributed by atoms with van der Waals surface area (Å²) in [6.45, 7) is 2.43. The van der Waals surface area contributed by atoms with Crippen LogP contribution in [0, 0.1) is 0 Å². The van der Waals surface area contributed by atoms with Crippen molar-refractivity contribution in [3.8, 4) is 0 Å². The van der Waals surface area contributed by atoms with Crippen LogP contribution >= 0.6 is 12.4 Å². The second kappa shape index (κ2) is 5.55. The lowest BCUT2D eigenvalue weighted by Crippen LogP contribution is -2.07. The van der Waals surface area contributed by atoms with Crippen molar-refractivity contribution in [2.75, 3.05) is 6.61 Å². The molecule has 0 spiro atoms. The second-order valence-corrected chi connectivity index (χ2v) is 2.18. The molecule has 0 saturated carbocycles. The van der Waals surface area contributed by atoms with Gasteiger partial charge in [-0.15, -0.1) is 12.4 Å². The fraction of sp³-hybridized carbons (Fsp3) is 0.429. The van der Waals surface area contributed by atoms with Crippen LogP contribution in [0.25, 0.3) is 0 Å². The third-order valence-electron chi connectivity index (χ3n) is 1.32. The van der Waals surface area contributed by atoms with Gasteiger partial charge in [0.2, 0.25) is 5.82 Å². The maximum Gasteiger partial charge on any atom is 0.374 e. The summed E-state index contributed by atoms with van der Waals surface area (Å²) in [5.41, 5.74) is 6.03. The molecule has 1 rings (SSSR count). The van der Waals surface area contributed by atoms with Gasteiger partial charge in [0.05, 0.1) is 12.8 Å². The molecule has 74 valence electrons. The number of nitrogens with two attached hydrogens (primary N) is 1. The number of carbonyl (C=O) groups is 1. The van der Waals surface area contributed by atoms with Crippen molar-refractivity contribution in [2.24, 2.45) is 5.73 Å². The van der Waals surface area contributed by atoms with Crippen molar-refractivity contribution in [3.05, 3.63) is 17.7 Å². The van der Waals surface area contributed by atoms with E-state index in [0.717, 1.165) is 5.69 Å². The van der Waals surface area contributed by atoms with Crippen LogP contribution in [0.1, 0.15) is 23.2 Å². The van der Waals surface area contributed by atoms with Gasteiger partial charge in [0.15, 0.2) is 0 Å². The number of carbonyl (C=O) groups excluding carboxylic acids is 1. The molecule has 6 heteroatoms. The molecule has 0 amide bonds. The van der Waals surface area contributed by atoms with E-state index < -0.39 is 5.97 Å². The number of hydrogen-bond donors (Lipinski definition) is 2. The van der Waals surface area contributed by atoms with Crippen LogP contribution in [0.2, 0.25) is 0 Å². The number of aromatic amines is 1. The Balaban J connectivity index is 0.00000144. The Bertz CT molecular complexity index is 274. The summed E-state index contributed by atoms with van der Waals surface area (Å²) in [6.07, 6.45) is 1.52. The SMILES string of the molecule is CCOC(=O)c1ncc(CN)[nH]1.Cl. The van der Waals surface area contributed by atoms with Gasteiger partial charge in [-0.1, -0.05) is 0 Å². The quantitative estimate of drug-likeness (QED) is 0.703. The first kappa shape index (κ1) is 11.9. The number of rotatable bonds is 3. The van der Waals surface area contributed by atoms with Crippen LogP contribution in [0.15, 0.2) is 6.20 Å². The number of aromatic nitrogens is 2. The van der Waals surface area contributed by atoms with Crippen LogP contribution in [0.3, 0.4) is 0 Å². The summed E-state index contributed by atoms with van der Waals surface area (Å²) in [5.74, 6) is -0.241. The van der Waals surface area contributed by atoms with Gasteiger partial charge in [-0.05, 0) is 6.92 Å². The van der Waals surface area contributed by atoms with E-state index in [1.807, 2.05) is 0 Å². The van der Waals surface area contributed by atoms with E-state index >= 15 is 0 Å². The highest BCUT2D eigenvalue weighted by Crippen LogP contribution is 1.97. The highest BCUT2D eigenvalue weighted by atomic mass is 35.5. The molecule has 5 nitrogen and oxygen atoms in total. The highest BCUT2D eigenvalue weighted by Gasteiger charge is 2.09. The van der Waals surface area contributed by atoms with Crippen molar-refractivity contribution in [3.63, 3.8) is 0 Å². The molecule has 0 unspecified atom stereocenters. The number of imidazole rings is 1. The first-order valence-electron chi connectivity index (χ1n) is 3.69. The third kappa shape index (κ3) is 3.04. The molecule has 0 aromatic carbocycles. The minimum absolute atomic E-state index is 0. The van der Waals surface area contributed by atoms with E-state index in [4.69, 9.17) is 10.5 Å². The minimum Gasteiger partial charge on any atom is -0.460 e. The Labute approximate surface area is 82.1 Å². The van der Waals surface area contributed by atoms with Crippen molar-refractivity contribution in [1.82, 2.24) is 9.97 Å². The number of nitrogens with zero attached hydrogens (tertiary/aromatic N) is 1. The number of esters is 1. The van der Waals surface area contributed by atoms with Crippen LogP contribution < -0.4 is 5.73 Å². The van der Waals surface area contributed by atoms with E-state index in [-0.39, 0.29) is 18.2 Å². The molecule has 3 N–H and O–H groups in total. The van der Waals surface area contributed by atoms with E-state index in [9.17, 15) is 4.79 Å². The molecule has 0 bridgehead atoms. The van der Waals surface area contributed by atoms with Gasteiger partial charge >= 0.3 is 5.97 Å². The van der Waals surface area contributed by atoms with Gasteiger partial charge in [-0.3, -0.25) is 0 Å². The molecule has 0 radical (unpaired) electrons. The van der Waals surface area contributed by atoms with Gasteiger partial charge in [-0.25, -0.2) is 9.78 Å². The topological polar surface area (TPSA) is 81.0 Å². The van der Waals surface area contributed by atoms with Gasteiger partial charge in [0.25, 0.3) is 0 Å². The Morgan fingerprint density at radius 1 is 1.77 bits per heavy atom. The molecule has 1 aromatic heterocycles. The van der Waals surface area contributed by atoms with E-state index in [2.05, 4.69) is 9.97 Å². The van der Waals surface area contributed by atoms with Crippen LogP contribution in [0.5, 0.6) is 0 Å². The maximum absolute atomic E-state index is 11.0. The number of ether oxygens (including phenoxy) is 1. The molecule has 13 heavy (non-hydrogen) atoms. The molecule has 1 heterocycles. The number of nitrogens with one attached hydrogen (secondary N) is 1. The molecule has 0 saturated heterocycles. The van der Waals surface area contributed by atoms with Crippen molar-refractivity contribution in [1.29, 1.82) is 0 Å². The van der Waals surface area contributed by atoms with Gasteiger partial charge in [0.1, 0.15) is 0 Å². The zero-order valence-corrected chi connectivity index (χ0v) is 8.06. The zero-order valence-electron chi connectivity index (χ0n) is 7.24. The Morgan fingerprint density at radius 2 is 2.46 bits per heavy atom. The normalized spacial score (nSPS) is 9.08. The lowest BCUT2D eigenvalue weighted by molar-refractivity contribution is 0.0513. The summed E-state index contributed by atoms with van der Waals surface area (Å²) >= 11 is 0.